The summed E-state index contributed by atoms with van der Waals surface area (Å²) < 4.78 is 2.43. The zero-order chi connectivity index (χ0) is 30.5. The van der Waals surface area contributed by atoms with Crippen LogP contribution in [0.1, 0.15) is 0 Å². The average molecular weight is 587 g/mol. The second-order valence-corrected chi connectivity index (χ2v) is 11.7. The van der Waals surface area contributed by atoms with Crippen LogP contribution in [0.25, 0.3) is 60.2 Å². The molecule has 0 amide bonds. The summed E-state index contributed by atoms with van der Waals surface area (Å²) in [5.41, 5.74) is 9.32. The van der Waals surface area contributed by atoms with Gasteiger partial charge in [0.1, 0.15) is 0 Å². The van der Waals surface area contributed by atoms with Crippen LogP contribution in [0.4, 0.5) is 17.1 Å². The lowest BCUT2D eigenvalue weighted by atomic mass is 9.90. The predicted octanol–water partition coefficient (Wildman–Crippen LogP) is 12.2. The van der Waals surface area contributed by atoms with Crippen molar-refractivity contribution in [3.05, 3.63) is 182 Å². The first-order valence-electron chi connectivity index (χ1n) is 15.8. The Kier molecular flexibility index (Phi) is 6.17. The summed E-state index contributed by atoms with van der Waals surface area (Å²) in [7, 11) is 0. The van der Waals surface area contributed by atoms with Crippen molar-refractivity contribution in [2.75, 3.05) is 4.90 Å². The first-order chi connectivity index (χ1) is 22.9. The summed E-state index contributed by atoms with van der Waals surface area (Å²) in [6, 6.07) is 65.7. The van der Waals surface area contributed by atoms with E-state index in [0.29, 0.717) is 0 Å². The van der Waals surface area contributed by atoms with Crippen molar-refractivity contribution < 1.29 is 0 Å². The summed E-state index contributed by atoms with van der Waals surface area (Å²) in [4.78, 5) is 2.50. The van der Waals surface area contributed by atoms with Gasteiger partial charge in [0.25, 0.3) is 0 Å². The second kappa shape index (κ2) is 10.8. The van der Waals surface area contributed by atoms with E-state index in [9.17, 15) is 0 Å². The summed E-state index contributed by atoms with van der Waals surface area (Å²) in [6.07, 6.45) is 0. The Labute approximate surface area is 268 Å². The van der Waals surface area contributed by atoms with Crippen LogP contribution in [-0.2, 0) is 0 Å². The first-order valence-corrected chi connectivity index (χ1v) is 15.8. The van der Waals surface area contributed by atoms with E-state index in [1.807, 2.05) is 0 Å². The molecule has 0 N–H and O–H groups in total. The van der Waals surface area contributed by atoms with Crippen LogP contribution in [-0.4, -0.2) is 4.57 Å². The number of nitrogens with zero attached hydrogens (tertiary/aromatic N) is 2. The lowest BCUT2D eigenvalue weighted by molar-refractivity contribution is 1.17. The molecule has 0 spiro atoms. The van der Waals surface area contributed by atoms with Gasteiger partial charge in [-0.3, -0.25) is 0 Å². The smallest absolute Gasteiger partial charge is 0.0782 e. The van der Waals surface area contributed by atoms with Gasteiger partial charge in [-0.2, -0.15) is 0 Å². The molecular weight excluding hydrogens is 556 g/mol. The molecule has 8 aromatic carbocycles. The van der Waals surface area contributed by atoms with Crippen LogP contribution in [0.15, 0.2) is 182 Å². The maximum Gasteiger partial charge on any atom is 0.0782 e. The van der Waals surface area contributed by atoms with Crippen LogP contribution >= 0.6 is 0 Å². The van der Waals surface area contributed by atoms with Crippen molar-refractivity contribution >= 4 is 60.4 Å². The van der Waals surface area contributed by atoms with E-state index in [2.05, 4.69) is 191 Å². The molecule has 0 fully saturated rings. The van der Waals surface area contributed by atoms with Crippen molar-refractivity contribution in [1.82, 2.24) is 4.57 Å². The fourth-order valence-electron chi connectivity index (χ4n) is 7.24. The molecule has 2 heteroatoms. The third-order valence-corrected chi connectivity index (χ3v) is 9.13. The quantitative estimate of drug-likeness (QED) is 0.182. The molecule has 0 atom stereocenters. The van der Waals surface area contributed by atoms with E-state index in [1.54, 1.807) is 0 Å². The molecule has 0 aliphatic carbocycles. The van der Waals surface area contributed by atoms with E-state index >= 15 is 0 Å². The van der Waals surface area contributed by atoms with E-state index < -0.39 is 0 Å². The molecule has 2 nitrogen and oxygen atoms in total. The SMILES string of the molecule is c1ccc(-c2c(N(c3ccccc3)c3cccc4c5ccccc5n(-c5ccccc5)c34)c3ccccc3c3ccccc23)cc1. The molecule has 0 aliphatic rings. The van der Waals surface area contributed by atoms with Gasteiger partial charge in [-0.15, -0.1) is 0 Å². The second-order valence-electron chi connectivity index (χ2n) is 11.7. The largest absolute Gasteiger partial charge is 0.307 e. The molecule has 0 aliphatic heterocycles. The molecule has 0 unspecified atom stereocenters. The first kappa shape index (κ1) is 26.3. The number of rotatable bonds is 5. The monoisotopic (exact) mass is 586 g/mol. The average Bonchev–Trinajstić information content (AvgIpc) is 3.48. The normalized spacial score (nSPS) is 11.5. The van der Waals surface area contributed by atoms with Crippen molar-refractivity contribution in [3.63, 3.8) is 0 Å². The van der Waals surface area contributed by atoms with Crippen molar-refractivity contribution in [2.45, 2.75) is 0 Å². The van der Waals surface area contributed by atoms with Crippen LogP contribution in [0, 0.1) is 0 Å². The molecule has 0 radical (unpaired) electrons. The van der Waals surface area contributed by atoms with E-state index in [0.717, 1.165) is 17.1 Å². The number of hydrogen-bond acceptors (Lipinski definition) is 1. The standard InChI is InChI=1S/C44H30N2/c1-4-17-31(18-5-1)42-37-26-12-10-23-34(37)35-24-11-13-27-38(35)44(42)46(33-21-8-3-9-22-33)41-30-16-28-39-36-25-14-15-29-40(36)45(43(39)41)32-19-6-2-7-20-32/h1-30H. The van der Waals surface area contributed by atoms with Crippen LogP contribution in [0.5, 0.6) is 0 Å². The molecule has 0 saturated heterocycles. The van der Waals surface area contributed by atoms with Gasteiger partial charge in [-0.25, -0.2) is 0 Å². The Morgan fingerprint density at radius 2 is 0.891 bits per heavy atom. The zero-order valence-corrected chi connectivity index (χ0v) is 25.2. The summed E-state index contributed by atoms with van der Waals surface area (Å²) in [5, 5.41) is 7.41. The fourth-order valence-corrected chi connectivity index (χ4v) is 7.24. The van der Waals surface area contributed by atoms with Gasteiger partial charge in [0.05, 0.1) is 22.4 Å². The van der Waals surface area contributed by atoms with E-state index in [4.69, 9.17) is 0 Å². The molecule has 216 valence electrons. The van der Waals surface area contributed by atoms with Crippen molar-refractivity contribution in [1.29, 1.82) is 0 Å². The van der Waals surface area contributed by atoms with E-state index in [-0.39, 0.29) is 0 Å². The Morgan fingerprint density at radius 3 is 1.61 bits per heavy atom. The molecule has 0 saturated carbocycles. The third kappa shape index (κ3) is 4.04. The summed E-state index contributed by atoms with van der Waals surface area (Å²) in [5.74, 6) is 0. The number of hydrogen-bond donors (Lipinski definition) is 0. The maximum absolute atomic E-state index is 2.50. The highest BCUT2D eigenvalue weighted by atomic mass is 15.2. The Bertz CT molecular complexity index is 2510. The minimum Gasteiger partial charge on any atom is -0.307 e. The van der Waals surface area contributed by atoms with Crippen molar-refractivity contribution in [2.24, 2.45) is 0 Å². The fraction of sp³-hybridized carbons (Fsp3) is 0. The summed E-state index contributed by atoms with van der Waals surface area (Å²) in [6.45, 7) is 0. The molecule has 1 heterocycles. The summed E-state index contributed by atoms with van der Waals surface area (Å²) >= 11 is 0. The highest BCUT2D eigenvalue weighted by molar-refractivity contribution is 6.24. The molecule has 9 rings (SSSR count). The molecule has 1 aromatic heterocycles. The maximum atomic E-state index is 2.50. The van der Waals surface area contributed by atoms with Gasteiger partial charge in [0.15, 0.2) is 0 Å². The van der Waals surface area contributed by atoms with Crippen LogP contribution < -0.4 is 4.90 Å². The van der Waals surface area contributed by atoms with Gasteiger partial charge in [0.2, 0.25) is 0 Å². The highest BCUT2D eigenvalue weighted by Gasteiger charge is 2.26. The van der Waals surface area contributed by atoms with Crippen molar-refractivity contribution in [3.8, 4) is 16.8 Å². The van der Waals surface area contributed by atoms with Gasteiger partial charge >= 0.3 is 0 Å². The Morgan fingerprint density at radius 1 is 0.370 bits per heavy atom. The number of benzene rings is 8. The van der Waals surface area contributed by atoms with Crippen LogP contribution in [0.3, 0.4) is 0 Å². The lowest BCUT2D eigenvalue weighted by Gasteiger charge is -2.31. The number of anilines is 3. The van der Waals surface area contributed by atoms with Gasteiger partial charge in [0, 0.05) is 33.1 Å². The predicted molar refractivity (Wildman–Crippen MR) is 196 cm³/mol. The Hall–Kier alpha value is -6.12. The Balaban J connectivity index is 1.51. The number of aromatic nitrogens is 1. The minimum absolute atomic E-state index is 1.11. The molecular formula is C44H30N2. The highest BCUT2D eigenvalue weighted by Crippen LogP contribution is 2.51. The van der Waals surface area contributed by atoms with E-state index in [1.165, 1.54) is 60.2 Å². The molecule has 9 aromatic rings. The number of fused-ring (bicyclic) bond motifs is 6. The molecule has 0 bridgehead atoms. The van der Waals surface area contributed by atoms with Gasteiger partial charge in [-0.05, 0) is 58.1 Å². The van der Waals surface area contributed by atoms with Crippen LogP contribution in [0.2, 0.25) is 0 Å². The third-order valence-electron chi connectivity index (χ3n) is 9.13. The van der Waals surface area contributed by atoms with Gasteiger partial charge in [-0.1, -0.05) is 146 Å². The minimum atomic E-state index is 1.11. The topological polar surface area (TPSA) is 8.17 Å². The zero-order valence-electron chi connectivity index (χ0n) is 25.2. The lowest BCUT2D eigenvalue weighted by Crippen LogP contribution is -2.13. The number of para-hydroxylation sites is 4. The molecule has 46 heavy (non-hydrogen) atoms. The van der Waals surface area contributed by atoms with Gasteiger partial charge < -0.3 is 9.47 Å².